The van der Waals surface area contributed by atoms with Crippen molar-refractivity contribution in [2.75, 3.05) is 0 Å². The van der Waals surface area contributed by atoms with Crippen molar-refractivity contribution in [3.63, 3.8) is 0 Å². The third-order valence-electron chi connectivity index (χ3n) is 3.93. The van der Waals surface area contributed by atoms with Gasteiger partial charge in [-0.3, -0.25) is 4.79 Å². The molecule has 0 saturated heterocycles. The van der Waals surface area contributed by atoms with E-state index in [2.05, 4.69) is 15.5 Å². The first kappa shape index (κ1) is 17.1. The summed E-state index contributed by atoms with van der Waals surface area (Å²) in [6.07, 6.45) is 0. The Balaban J connectivity index is 1.68. The third kappa shape index (κ3) is 3.78. The second-order valence-corrected chi connectivity index (χ2v) is 6.69. The van der Waals surface area contributed by atoms with E-state index in [-0.39, 0.29) is 17.6 Å². The Kier molecular flexibility index (Phi) is 4.76. The number of thiophene rings is 1. The molecule has 0 aliphatic carbocycles. The molecule has 1 atom stereocenters. The first-order chi connectivity index (χ1) is 13.2. The molecule has 0 saturated carbocycles. The van der Waals surface area contributed by atoms with Crippen molar-refractivity contribution in [3.8, 4) is 11.5 Å². The first-order valence-electron chi connectivity index (χ1n) is 8.19. The number of aromatic nitrogens is 2. The average molecular weight is 379 g/mol. The van der Waals surface area contributed by atoms with E-state index in [9.17, 15) is 9.18 Å². The van der Waals surface area contributed by atoms with Gasteiger partial charge in [-0.1, -0.05) is 36.4 Å². The molecule has 2 heterocycles. The molecular weight excluding hydrogens is 365 g/mol. The third-order valence-corrected chi connectivity index (χ3v) is 4.80. The van der Waals surface area contributed by atoms with Crippen molar-refractivity contribution in [3.05, 3.63) is 94.3 Å². The molecule has 1 amide bonds. The normalized spacial score (nSPS) is 11.9. The molecule has 5 nitrogen and oxygen atoms in total. The van der Waals surface area contributed by atoms with Crippen LogP contribution in [0.25, 0.3) is 11.5 Å². The summed E-state index contributed by atoms with van der Waals surface area (Å²) in [5, 5.41) is 12.9. The van der Waals surface area contributed by atoms with Crippen LogP contribution in [-0.4, -0.2) is 16.1 Å². The summed E-state index contributed by atoms with van der Waals surface area (Å²) in [6.45, 7) is 0. The minimum absolute atomic E-state index is 0.227. The highest BCUT2D eigenvalue weighted by Gasteiger charge is 2.24. The minimum Gasteiger partial charge on any atom is -0.418 e. The lowest BCUT2D eigenvalue weighted by Crippen LogP contribution is -2.29. The van der Waals surface area contributed by atoms with E-state index in [0.717, 1.165) is 5.56 Å². The summed E-state index contributed by atoms with van der Waals surface area (Å²) in [4.78, 5) is 13.1. The molecule has 0 fully saturated rings. The Morgan fingerprint density at radius 3 is 2.48 bits per heavy atom. The first-order valence-corrected chi connectivity index (χ1v) is 9.07. The predicted molar refractivity (Wildman–Crippen MR) is 99.8 cm³/mol. The van der Waals surface area contributed by atoms with E-state index in [1.807, 2.05) is 35.7 Å². The molecule has 1 unspecified atom stereocenters. The number of carbonyl (C=O) groups excluding carboxylic acids is 1. The Hall–Kier alpha value is -3.32. The summed E-state index contributed by atoms with van der Waals surface area (Å²) in [5.41, 5.74) is 1.42. The average Bonchev–Trinajstić information content (AvgIpc) is 3.40. The number of benzene rings is 2. The van der Waals surface area contributed by atoms with Crippen molar-refractivity contribution in [2.45, 2.75) is 6.04 Å². The highest BCUT2D eigenvalue weighted by Crippen LogP contribution is 2.26. The molecule has 2 aromatic heterocycles. The van der Waals surface area contributed by atoms with Crippen LogP contribution in [0.5, 0.6) is 0 Å². The summed E-state index contributed by atoms with van der Waals surface area (Å²) in [7, 11) is 0. The largest absolute Gasteiger partial charge is 0.418 e. The summed E-state index contributed by atoms with van der Waals surface area (Å²) >= 11 is 1.33. The van der Waals surface area contributed by atoms with E-state index < -0.39 is 6.04 Å². The summed E-state index contributed by atoms with van der Waals surface area (Å²) in [6, 6.07) is 18.0. The second-order valence-electron chi connectivity index (χ2n) is 5.75. The number of nitrogens with one attached hydrogen (secondary N) is 1. The highest BCUT2D eigenvalue weighted by atomic mass is 32.1. The van der Waals surface area contributed by atoms with Crippen LogP contribution in [0, 0.1) is 5.82 Å². The SMILES string of the molecule is O=C(NC(c1ccc(F)cc1)c1nnc(-c2ccccc2)o1)c1cccs1. The van der Waals surface area contributed by atoms with Gasteiger partial charge >= 0.3 is 0 Å². The fourth-order valence-electron chi connectivity index (χ4n) is 2.60. The molecule has 1 N–H and O–H groups in total. The molecule has 0 bridgehead atoms. The van der Waals surface area contributed by atoms with Crippen molar-refractivity contribution >= 4 is 17.2 Å². The van der Waals surface area contributed by atoms with Crippen molar-refractivity contribution in [1.29, 1.82) is 0 Å². The zero-order chi connectivity index (χ0) is 18.6. The molecule has 27 heavy (non-hydrogen) atoms. The van der Waals surface area contributed by atoms with Crippen molar-refractivity contribution in [1.82, 2.24) is 15.5 Å². The van der Waals surface area contributed by atoms with Crippen LogP contribution >= 0.6 is 11.3 Å². The van der Waals surface area contributed by atoms with Gasteiger partial charge in [-0.05, 0) is 41.3 Å². The Labute approximate surface area is 158 Å². The second kappa shape index (κ2) is 7.51. The molecule has 7 heteroatoms. The molecule has 4 rings (SSSR count). The number of amides is 1. The van der Waals surface area contributed by atoms with Gasteiger partial charge in [0.15, 0.2) is 0 Å². The molecule has 0 radical (unpaired) electrons. The van der Waals surface area contributed by atoms with Gasteiger partial charge in [-0.2, -0.15) is 0 Å². The summed E-state index contributed by atoms with van der Waals surface area (Å²) < 4.78 is 19.1. The van der Waals surface area contributed by atoms with E-state index in [0.29, 0.717) is 16.3 Å². The van der Waals surface area contributed by atoms with Gasteiger partial charge in [0.1, 0.15) is 11.9 Å². The van der Waals surface area contributed by atoms with Crippen LogP contribution in [0.4, 0.5) is 4.39 Å². The molecule has 0 spiro atoms. The van der Waals surface area contributed by atoms with Crippen LogP contribution in [-0.2, 0) is 0 Å². The quantitative estimate of drug-likeness (QED) is 0.556. The smallest absolute Gasteiger partial charge is 0.262 e. The van der Waals surface area contributed by atoms with Gasteiger partial charge in [-0.15, -0.1) is 21.5 Å². The number of hydrogen-bond acceptors (Lipinski definition) is 5. The molecule has 0 aliphatic heterocycles. The highest BCUT2D eigenvalue weighted by molar-refractivity contribution is 7.12. The minimum atomic E-state index is -0.690. The Morgan fingerprint density at radius 1 is 1.00 bits per heavy atom. The van der Waals surface area contributed by atoms with Gasteiger partial charge in [0, 0.05) is 5.56 Å². The van der Waals surface area contributed by atoms with Crippen LogP contribution in [0.3, 0.4) is 0 Å². The van der Waals surface area contributed by atoms with Crippen molar-refractivity contribution < 1.29 is 13.6 Å². The zero-order valence-corrected chi connectivity index (χ0v) is 14.8. The molecule has 0 aliphatic rings. The molecular formula is C20H14FN3O2S. The van der Waals surface area contributed by atoms with Gasteiger partial charge in [-0.25, -0.2) is 4.39 Å². The maximum absolute atomic E-state index is 13.3. The number of rotatable bonds is 5. The van der Waals surface area contributed by atoms with Gasteiger partial charge in [0.25, 0.3) is 5.91 Å². The van der Waals surface area contributed by atoms with Gasteiger partial charge < -0.3 is 9.73 Å². The van der Waals surface area contributed by atoms with E-state index >= 15 is 0 Å². The van der Waals surface area contributed by atoms with E-state index in [1.165, 1.54) is 23.5 Å². The lowest BCUT2D eigenvalue weighted by Gasteiger charge is -2.15. The predicted octanol–water partition coefficient (Wildman–Crippen LogP) is 4.46. The molecule has 2 aromatic carbocycles. The summed E-state index contributed by atoms with van der Waals surface area (Å²) in [5.74, 6) is -0.0511. The van der Waals surface area contributed by atoms with Crippen LogP contribution in [0.2, 0.25) is 0 Å². The number of hydrogen-bond donors (Lipinski definition) is 1. The van der Waals surface area contributed by atoms with E-state index in [1.54, 1.807) is 24.3 Å². The Bertz CT molecular complexity index is 1030. The fraction of sp³-hybridized carbons (Fsp3) is 0.0500. The maximum Gasteiger partial charge on any atom is 0.262 e. The van der Waals surface area contributed by atoms with E-state index in [4.69, 9.17) is 4.42 Å². The molecule has 134 valence electrons. The monoisotopic (exact) mass is 379 g/mol. The van der Waals surface area contributed by atoms with Gasteiger partial charge in [0.05, 0.1) is 4.88 Å². The standard InChI is InChI=1S/C20H14FN3O2S/c21-15-10-8-13(9-11-15)17(22-18(25)16-7-4-12-27-16)20-24-23-19(26-20)14-5-2-1-3-6-14/h1-12,17H,(H,22,25). The lowest BCUT2D eigenvalue weighted by atomic mass is 10.1. The Morgan fingerprint density at radius 2 is 1.78 bits per heavy atom. The number of halogens is 1. The van der Waals surface area contributed by atoms with Crippen LogP contribution in [0.15, 0.2) is 76.5 Å². The van der Waals surface area contributed by atoms with Crippen LogP contribution in [0.1, 0.15) is 27.2 Å². The maximum atomic E-state index is 13.3. The number of carbonyl (C=O) groups is 1. The lowest BCUT2D eigenvalue weighted by molar-refractivity contribution is 0.0942. The zero-order valence-electron chi connectivity index (χ0n) is 14.0. The topological polar surface area (TPSA) is 68.0 Å². The number of nitrogens with zero attached hydrogens (tertiary/aromatic N) is 2. The fourth-order valence-corrected chi connectivity index (χ4v) is 3.23. The van der Waals surface area contributed by atoms with Crippen LogP contribution < -0.4 is 5.32 Å². The van der Waals surface area contributed by atoms with Crippen molar-refractivity contribution in [2.24, 2.45) is 0 Å². The molecule has 4 aromatic rings. The van der Waals surface area contributed by atoms with Gasteiger partial charge in [0.2, 0.25) is 11.8 Å².